The lowest BCUT2D eigenvalue weighted by molar-refractivity contribution is 0.0997. The molecular weight excluding hydrogens is 296 g/mol. The Morgan fingerprint density at radius 1 is 1.52 bits per heavy atom. The molecule has 2 rings (SSSR count). The molecule has 1 aliphatic heterocycles. The number of amides is 1. The maximum absolute atomic E-state index is 12.2. The van der Waals surface area contributed by atoms with Crippen molar-refractivity contribution < 1.29 is 22.7 Å². The van der Waals surface area contributed by atoms with Crippen LogP contribution in [0.15, 0.2) is 23.1 Å². The van der Waals surface area contributed by atoms with Crippen molar-refractivity contribution in [2.24, 2.45) is 11.7 Å². The molecule has 0 bridgehead atoms. The molecule has 1 fully saturated rings. The molecule has 3 N–H and O–H groups in total. The number of carbonyl (C=O) groups is 1. The summed E-state index contributed by atoms with van der Waals surface area (Å²) >= 11 is 0. The van der Waals surface area contributed by atoms with Crippen molar-refractivity contribution >= 4 is 15.9 Å². The van der Waals surface area contributed by atoms with Gasteiger partial charge in [0, 0.05) is 13.2 Å². The van der Waals surface area contributed by atoms with E-state index in [1.54, 1.807) is 0 Å². The number of hydrogen-bond donors (Lipinski definition) is 2. The predicted octanol–water partition coefficient (Wildman–Crippen LogP) is 0.109. The molecule has 1 aromatic carbocycles. The molecule has 1 atom stereocenters. The van der Waals surface area contributed by atoms with Crippen LogP contribution in [0.4, 0.5) is 0 Å². The van der Waals surface area contributed by atoms with E-state index in [0.717, 1.165) is 6.42 Å². The van der Waals surface area contributed by atoms with Crippen LogP contribution in [0.1, 0.15) is 16.8 Å². The third-order valence-electron chi connectivity index (χ3n) is 3.33. The van der Waals surface area contributed by atoms with Crippen molar-refractivity contribution in [2.45, 2.75) is 11.3 Å². The van der Waals surface area contributed by atoms with Gasteiger partial charge >= 0.3 is 0 Å². The summed E-state index contributed by atoms with van der Waals surface area (Å²) in [6, 6.07) is 4.00. The molecule has 8 heteroatoms. The predicted molar refractivity (Wildman–Crippen MR) is 75.6 cm³/mol. The largest absolute Gasteiger partial charge is 0.496 e. The Morgan fingerprint density at radius 2 is 2.29 bits per heavy atom. The van der Waals surface area contributed by atoms with Gasteiger partial charge in [0.25, 0.3) is 5.91 Å². The Hall–Kier alpha value is -1.64. The number of nitrogens with two attached hydrogens (primary N) is 1. The molecule has 1 heterocycles. The normalized spacial score (nSPS) is 18.6. The van der Waals surface area contributed by atoms with E-state index in [-0.39, 0.29) is 22.1 Å². The van der Waals surface area contributed by atoms with Gasteiger partial charge in [0.15, 0.2) is 0 Å². The molecule has 116 valence electrons. The Bertz CT molecular complexity index is 623. The second-order valence-electron chi connectivity index (χ2n) is 4.81. The Kier molecular flexibility index (Phi) is 4.81. The minimum atomic E-state index is -3.70. The summed E-state index contributed by atoms with van der Waals surface area (Å²) < 4.78 is 37.1. The SMILES string of the molecule is COc1ccc(S(=O)(=O)NCC2CCOC2)cc1C(N)=O. The maximum atomic E-state index is 12.2. The fourth-order valence-electron chi connectivity index (χ4n) is 2.10. The van der Waals surface area contributed by atoms with Crippen LogP contribution in [-0.4, -0.2) is 41.2 Å². The first-order valence-corrected chi connectivity index (χ1v) is 7.97. The van der Waals surface area contributed by atoms with Gasteiger partial charge in [0.05, 0.1) is 24.2 Å². The molecule has 1 saturated heterocycles. The lowest BCUT2D eigenvalue weighted by Gasteiger charge is -2.12. The van der Waals surface area contributed by atoms with E-state index >= 15 is 0 Å². The van der Waals surface area contributed by atoms with Crippen molar-refractivity contribution in [3.8, 4) is 5.75 Å². The van der Waals surface area contributed by atoms with Gasteiger partial charge in [-0.3, -0.25) is 4.79 Å². The molecule has 0 aromatic heterocycles. The Labute approximate surface area is 123 Å². The average molecular weight is 314 g/mol. The topological polar surface area (TPSA) is 108 Å². The van der Waals surface area contributed by atoms with Crippen LogP contribution in [0.25, 0.3) is 0 Å². The maximum Gasteiger partial charge on any atom is 0.252 e. The van der Waals surface area contributed by atoms with E-state index in [2.05, 4.69) is 4.72 Å². The number of methoxy groups -OCH3 is 1. The van der Waals surface area contributed by atoms with E-state index in [1.165, 1.54) is 25.3 Å². The van der Waals surface area contributed by atoms with Gasteiger partial charge in [0.1, 0.15) is 5.75 Å². The van der Waals surface area contributed by atoms with Gasteiger partial charge < -0.3 is 15.2 Å². The fraction of sp³-hybridized carbons (Fsp3) is 0.462. The van der Waals surface area contributed by atoms with Gasteiger partial charge in [-0.2, -0.15) is 0 Å². The molecule has 7 nitrogen and oxygen atoms in total. The zero-order valence-electron chi connectivity index (χ0n) is 11.7. The van der Waals surface area contributed by atoms with Crippen LogP contribution in [0, 0.1) is 5.92 Å². The van der Waals surface area contributed by atoms with Gasteiger partial charge in [0.2, 0.25) is 10.0 Å². The van der Waals surface area contributed by atoms with Crippen LogP contribution in [-0.2, 0) is 14.8 Å². The first-order chi connectivity index (χ1) is 9.94. The van der Waals surface area contributed by atoms with Gasteiger partial charge in [-0.25, -0.2) is 13.1 Å². The summed E-state index contributed by atoms with van der Waals surface area (Å²) in [5, 5.41) is 0. The third-order valence-corrected chi connectivity index (χ3v) is 4.75. The third kappa shape index (κ3) is 3.72. The monoisotopic (exact) mass is 314 g/mol. The summed E-state index contributed by atoms with van der Waals surface area (Å²) in [6.07, 6.45) is 0.831. The van der Waals surface area contributed by atoms with Gasteiger partial charge in [-0.15, -0.1) is 0 Å². The number of nitrogens with one attached hydrogen (secondary N) is 1. The smallest absolute Gasteiger partial charge is 0.252 e. The lowest BCUT2D eigenvalue weighted by Crippen LogP contribution is -2.30. The van der Waals surface area contributed by atoms with E-state index in [0.29, 0.717) is 19.8 Å². The van der Waals surface area contributed by atoms with Crippen molar-refractivity contribution in [3.05, 3.63) is 23.8 Å². The number of hydrogen-bond acceptors (Lipinski definition) is 5. The highest BCUT2D eigenvalue weighted by atomic mass is 32.2. The zero-order valence-corrected chi connectivity index (χ0v) is 12.5. The van der Waals surface area contributed by atoms with Crippen molar-refractivity contribution in [3.63, 3.8) is 0 Å². The number of ether oxygens (including phenoxy) is 2. The number of benzene rings is 1. The number of primary amides is 1. The molecular formula is C13H18N2O5S. The summed E-state index contributed by atoms with van der Waals surface area (Å²) in [6.45, 7) is 1.51. The number of sulfonamides is 1. The summed E-state index contributed by atoms with van der Waals surface area (Å²) in [5.41, 5.74) is 5.26. The minimum absolute atomic E-state index is 0.0176. The highest BCUT2D eigenvalue weighted by Crippen LogP contribution is 2.22. The van der Waals surface area contributed by atoms with Crippen molar-refractivity contribution in [2.75, 3.05) is 26.9 Å². The summed E-state index contributed by atoms with van der Waals surface area (Å²) in [5.74, 6) is -0.327. The van der Waals surface area contributed by atoms with Gasteiger partial charge in [-0.1, -0.05) is 0 Å². The quantitative estimate of drug-likeness (QED) is 0.775. The van der Waals surface area contributed by atoms with Crippen LogP contribution < -0.4 is 15.2 Å². The van der Waals surface area contributed by atoms with E-state index in [9.17, 15) is 13.2 Å². The molecule has 0 radical (unpaired) electrons. The minimum Gasteiger partial charge on any atom is -0.496 e. The first-order valence-electron chi connectivity index (χ1n) is 6.49. The molecule has 0 spiro atoms. The van der Waals surface area contributed by atoms with Crippen molar-refractivity contribution in [1.82, 2.24) is 4.72 Å². The highest BCUT2D eigenvalue weighted by Gasteiger charge is 2.22. The van der Waals surface area contributed by atoms with Crippen LogP contribution in [0.3, 0.4) is 0 Å². The lowest BCUT2D eigenvalue weighted by atomic mass is 10.1. The standard InChI is InChI=1S/C13H18N2O5S/c1-19-12-3-2-10(6-11(12)13(14)16)21(17,18)15-7-9-4-5-20-8-9/h2-3,6,9,15H,4-5,7-8H2,1H3,(H2,14,16). The second kappa shape index (κ2) is 6.42. The molecule has 1 aromatic rings. The van der Waals surface area contributed by atoms with Crippen LogP contribution in [0.5, 0.6) is 5.75 Å². The first kappa shape index (κ1) is 15.7. The average Bonchev–Trinajstić information content (AvgIpc) is 2.97. The fourth-order valence-corrected chi connectivity index (χ4v) is 3.24. The molecule has 1 unspecified atom stereocenters. The van der Waals surface area contributed by atoms with E-state index < -0.39 is 15.9 Å². The Morgan fingerprint density at radius 3 is 2.86 bits per heavy atom. The van der Waals surface area contributed by atoms with Gasteiger partial charge in [-0.05, 0) is 30.5 Å². The van der Waals surface area contributed by atoms with Crippen LogP contribution >= 0.6 is 0 Å². The Balaban J connectivity index is 2.18. The summed E-state index contributed by atoms with van der Waals surface area (Å²) in [4.78, 5) is 11.3. The molecule has 21 heavy (non-hydrogen) atoms. The zero-order chi connectivity index (χ0) is 15.5. The van der Waals surface area contributed by atoms with Crippen LogP contribution in [0.2, 0.25) is 0 Å². The van der Waals surface area contributed by atoms with E-state index in [1.807, 2.05) is 0 Å². The number of rotatable bonds is 6. The molecule has 1 aliphatic rings. The summed E-state index contributed by atoms with van der Waals surface area (Å²) in [7, 11) is -2.31. The van der Waals surface area contributed by atoms with Crippen molar-refractivity contribution in [1.29, 1.82) is 0 Å². The molecule has 0 aliphatic carbocycles. The molecule has 1 amide bonds. The van der Waals surface area contributed by atoms with E-state index in [4.69, 9.17) is 15.2 Å². The number of carbonyl (C=O) groups excluding carboxylic acids is 1. The molecule has 0 saturated carbocycles. The second-order valence-corrected chi connectivity index (χ2v) is 6.57. The highest BCUT2D eigenvalue weighted by molar-refractivity contribution is 7.89.